The van der Waals surface area contributed by atoms with Crippen molar-refractivity contribution >= 4 is 21.6 Å². The number of methoxy groups -OCH3 is 1. The third-order valence-corrected chi connectivity index (χ3v) is 6.12. The van der Waals surface area contributed by atoms with Crippen molar-refractivity contribution in [1.29, 1.82) is 0 Å². The fourth-order valence-electron chi connectivity index (χ4n) is 3.03. The number of carbonyl (C=O) groups is 1. The minimum absolute atomic E-state index is 0.00666. The Kier molecular flexibility index (Phi) is 4.67. The number of carbonyl (C=O) groups excluding carboxylic acids is 1. The Morgan fingerprint density at radius 2 is 1.96 bits per heavy atom. The van der Waals surface area contributed by atoms with Crippen LogP contribution in [0.2, 0.25) is 0 Å². The molecule has 2 aromatic rings. The molecule has 0 atom stereocenters. The Morgan fingerprint density at radius 1 is 1.20 bits per heavy atom. The van der Waals surface area contributed by atoms with E-state index in [2.05, 4.69) is 5.32 Å². The molecule has 0 aromatic heterocycles. The number of aryl methyl sites for hydroxylation is 1. The van der Waals surface area contributed by atoms with E-state index >= 15 is 0 Å². The number of hydrogen-bond donors (Lipinski definition) is 1. The fourth-order valence-corrected chi connectivity index (χ4v) is 4.76. The van der Waals surface area contributed by atoms with Gasteiger partial charge in [0.2, 0.25) is 0 Å². The molecule has 25 heavy (non-hydrogen) atoms. The Labute approximate surface area is 147 Å². The van der Waals surface area contributed by atoms with Gasteiger partial charge in [-0.05, 0) is 42.7 Å². The lowest BCUT2D eigenvalue weighted by Crippen LogP contribution is -2.35. The first-order valence-electron chi connectivity index (χ1n) is 8.00. The van der Waals surface area contributed by atoms with Crippen molar-refractivity contribution in [1.82, 2.24) is 5.32 Å². The summed E-state index contributed by atoms with van der Waals surface area (Å²) in [6.07, 6.45) is 1.59. The molecule has 0 radical (unpaired) electrons. The van der Waals surface area contributed by atoms with Gasteiger partial charge in [-0.25, -0.2) is 8.42 Å². The predicted molar refractivity (Wildman–Crippen MR) is 95.7 cm³/mol. The largest absolute Gasteiger partial charge is 0.495 e. The van der Waals surface area contributed by atoms with E-state index in [1.54, 1.807) is 12.1 Å². The second-order valence-electron chi connectivity index (χ2n) is 5.75. The third-order valence-electron chi connectivity index (χ3n) is 4.29. The van der Waals surface area contributed by atoms with E-state index in [4.69, 9.17) is 4.74 Å². The molecule has 1 amide bonds. The highest BCUT2D eigenvalue weighted by atomic mass is 32.2. The summed E-state index contributed by atoms with van der Waals surface area (Å²) in [5.74, 6) is -0.131. The van der Waals surface area contributed by atoms with Crippen LogP contribution in [0, 0.1) is 0 Å². The summed E-state index contributed by atoms with van der Waals surface area (Å²) in [5.41, 5.74) is 1.95. The van der Waals surface area contributed by atoms with Crippen molar-refractivity contribution < 1.29 is 17.9 Å². The van der Waals surface area contributed by atoms with Gasteiger partial charge >= 0.3 is 0 Å². The minimum atomic E-state index is -3.85. The first-order valence-corrected chi connectivity index (χ1v) is 9.44. The van der Waals surface area contributed by atoms with E-state index in [9.17, 15) is 13.2 Å². The van der Waals surface area contributed by atoms with Crippen LogP contribution >= 0.6 is 0 Å². The van der Waals surface area contributed by atoms with Crippen LogP contribution in [0.15, 0.2) is 47.4 Å². The standard InChI is InChI=1S/C18H20N2O4S/c1-19-18(21)14-9-10-16(24-2)17(12-14)25(22,23)20-11-5-7-13-6-3-4-8-15(13)20/h3-4,6,8-10,12H,5,7,11H2,1-2H3,(H,19,21). The zero-order valence-electron chi connectivity index (χ0n) is 14.2. The van der Waals surface area contributed by atoms with Crippen molar-refractivity contribution in [3.05, 3.63) is 53.6 Å². The molecule has 1 N–H and O–H groups in total. The van der Waals surface area contributed by atoms with Gasteiger partial charge in [0, 0.05) is 19.2 Å². The summed E-state index contributed by atoms with van der Waals surface area (Å²) >= 11 is 0. The summed E-state index contributed by atoms with van der Waals surface area (Å²) in [5, 5.41) is 2.50. The Bertz CT molecular complexity index is 909. The van der Waals surface area contributed by atoms with Crippen molar-refractivity contribution in [2.24, 2.45) is 0 Å². The molecule has 0 saturated carbocycles. The van der Waals surface area contributed by atoms with Crippen molar-refractivity contribution in [3.8, 4) is 5.75 Å². The first kappa shape index (κ1) is 17.3. The van der Waals surface area contributed by atoms with Gasteiger partial charge in [0.15, 0.2) is 0 Å². The maximum Gasteiger partial charge on any atom is 0.268 e. The number of hydrogen-bond acceptors (Lipinski definition) is 4. The molecule has 6 nitrogen and oxygen atoms in total. The van der Waals surface area contributed by atoms with E-state index in [1.165, 1.54) is 30.6 Å². The molecule has 0 spiro atoms. The molecule has 3 rings (SSSR count). The number of anilines is 1. The SMILES string of the molecule is CNC(=O)c1ccc(OC)c(S(=O)(=O)N2CCCc3ccccc32)c1. The van der Waals surface area contributed by atoms with Gasteiger partial charge in [-0.3, -0.25) is 9.10 Å². The molecule has 1 aliphatic heterocycles. The number of sulfonamides is 1. The number of rotatable bonds is 4. The van der Waals surface area contributed by atoms with Gasteiger partial charge in [0.1, 0.15) is 10.6 Å². The minimum Gasteiger partial charge on any atom is -0.495 e. The average molecular weight is 360 g/mol. The average Bonchev–Trinajstić information content (AvgIpc) is 2.66. The van der Waals surface area contributed by atoms with E-state index in [1.807, 2.05) is 18.2 Å². The molecule has 0 bridgehead atoms. The Morgan fingerprint density at radius 3 is 2.68 bits per heavy atom. The van der Waals surface area contributed by atoms with E-state index in [0.717, 1.165) is 18.4 Å². The summed E-state index contributed by atoms with van der Waals surface area (Å²) in [4.78, 5) is 11.9. The third kappa shape index (κ3) is 3.07. The van der Waals surface area contributed by atoms with Crippen LogP contribution in [0.4, 0.5) is 5.69 Å². The van der Waals surface area contributed by atoms with E-state index in [0.29, 0.717) is 12.2 Å². The maximum absolute atomic E-state index is 13.3. The summed E-state index contributed by atoms with van der Waals surface area (Å²) in [6, 6.07) is 11.9. The van der Waals surface area contributed by atoms with Gasteiger partial charge in [-0.1, -0.05) is 18.2 Å². The van der Waals surface area contributed by atoms with E-state index < -0.39 is 10.0 Å². The fraction of sp³-hybridized carbons (Fsp3) is 0.278. The topological polar surface area (TPSA) is 75.7 Å². The van der Waals surface area contributed by atoms with Crippen LogP contribution < -0.4 is 14.4 Å². The molecule has 7 heteroatoms. The van der Waals surface area contributed by atoms with Crippen LogP contribution in [0.5, 0.6) is 5.75 Å². The quantitative estimate of drug-likeness (QED) is 0.907. The highest BCUT2D eigenvalue weighted by molar-refractivity contribution is 7.93. The number of para-hydroxylation sites is 1. The van der Waals surface area contributed by atoms with Crippen LogP contribution in [0.3, 0.4) is 0 Å². The lowest BCUT2D eigenvalue weighted by atomic mass is 10.0. The number of benzene rings is 2. The molecular weight excluding hydrogens is 340 g/mol. The molecule has 0 saturated heterocycles. The molecule has 0 fully saturated rings. The summed E-state index contributed by atoms with van der Waals surface area (Å²) in [7, 11) is -0.938. The summed E-state index contributed by atoms with van der Waals surface area (Å²) in [6.45, 7) is 0.396. The first-order chi connectivity index (χ1) is 12.0. The van der Waals surface area contributed by atoms with Gasteiger partial charge in [-0.2, -0.15) is 0 Å². The van der Waals surface area contributed by atoms with Gasteiger partial charge in [0.25, 0.3) is 15.9 Å². The van der Waals surface area contributed by atoms with Crippen LogP contribution in [-0.2, 0) is 16.4 Å². The molecular formula is C18H20N2O4S. The number of fused-ring (bicyclic) bond motifs is 1. The second kappa shape index (κ2) is 6.76. The molecule has 0 aliphatic carbocycles. The van der Waals surface area contributed by atoms with Crippen LogP contribution in [-0.4, -0.2) is 35.0 Å². The highest BCUT2D eigenvalue weighted by Gasteiger charge is 2.31. The molecule has 1 heterocycles. The number of nitrogens with one attached hydrogen (secondary N) is 1. The van der Waals surface area contributed by atoms with Crippen molar-refractivity contribution in [2.45, 2.75) is 17.7 Å². The van der Waals surface area contributed by atoms with E-state index in [-0.39, 0.29) is 22.1 Å². The van der Waals surface area contributed by atoms with Gasteiger partial charge in [0.05, 0.1) is 12.8 Å². The summed E-state index contributed by atoms with van der Waals surface area (Å²) < 4.78 is 33.3. The van der Waals surface area contributed by atoms with Gasteiger partial charge < -0.3 is 10.1 Å². The molecule has 132 valence electrons. The molecule has 0 unspecified atom stereocenters. The monoisotopic (exact) mass is 360 g/mol. The molecule has 1 aliphatic rings. The van der Waals surface area contributed by atoms with Gasteiger partial charge in [-0.15, -0.1) is 0 Å². The maximum atomic E-state index is 13.3. The normalized spacial score (nSPS) is 13.9. The molecule has 2 aromatic carbocycles. The number of amides is 1. The highest BCUT2D eigenvalue weighted by Crippen LogP contribution is 2.35. The van der Waals surface area contributed by atoms with Crippen LogP contribution in [0.25, 0.3) is 0 Å². The second-order valence-corrected chi connectivity index (χ2v) is 7.58. The Balaban J connectivity index is 2.14. The lowest BCUT2D eigenvalue weighted by molar-refractivity contribution is 0.0963. The number of nitrogens with zero attached hydrogens (tertiary/aromatic N) is 1. The van der Waals surface area contributed by atoms with Crippen molar-refractivity contribution in [2.75, 3.05) is 25.0 Å². The zero-order chi connectivity index (χ0) is 18.0. The predicted octanol–water partition coefficient (Wildman–Crippen LogP) is 2.20. The number of ether oxygens (including phenoxy) is 1. The van der Waals surface area contributed by atoms with Crippen LogP contribution in [0.1, 0.15) is 22.3 Å². The lowest BCUT2D eigenvalue weighted by Gasteiger charge is -2.31. The zero-order valence-corrected chi connectivity index (χ0v) is 15.0. The Hall–Kier alpha value is -2.54. The van der Waals surface area contributed by atoms with Crippen molar-refractivity contribution in [3.63, 3.8) is 0 Å². The smallest absolute Gasteiger partial charge is 0.268 e.